The van der Waals surface area contributed by atoms with E-state index in [4.69, 9.17) is 5.73 Å². The van der Waals surface area contributed by atoms with Gasteiger partial charge in [-0.2, -0.15) is 13.2 Å². The normalized spacial score (nSPS) is 23.7. The summed E-state index contributed by atoms with van der Waals surface area (Å²) in [6, 6.07) is -0.540. The van der Waals surface area contributed by atoms with Crippen LogP contribution in [0.2, 0.25) is 0 Å². The number of carbonyl (C=O) groups excluding carboxylic acids is 1. The van der Waals surface area contributed by atoms with E-state index >= 15 is 0 Å². The van der Waals surface area contributed by atoms with Gasteiger partial charge in [0.25, 0.3) is 0 Å². The largest absolute Gasteiger partial charge is 0.405 e. The van der Waals surface area contributed by atoms with Gasteiger partial charge in [-0.15, -0.1) is 0 Å². The minimum absolute atomic E-state index is 0.330. The molecular weight excluding hydrogens is 247 g/mol. The molecule has 1 rings (SSSR count). The van der Waals surface area contributed by atoms with Crippen molar-refractivity contribution in [2.45, 2.75) is 32.0 Å². The first-order valence-corrected chi connectivity index (χ1v) is 6.12. The number of amides is 1. The average Bonchev–Trinajstić information content (AvgIpc) is 2.34. The highest BCUT2D eigenvalue weighted by molar-refractivity contribution is 5.81. The smallest absolute Gasteiger partial charge is 0.346 e. The molecule has 2 unspecified atom stereocenters. The van der Waals surface area contributed by atoms with E-state index in [1.165, 1.54) is 0 Å². The number of rotatable bonds is 4. The van der Waals surface area contributed by atoms with Crippen molar-refractivity contribution in [1.29, 1.82) is 0 Å². The summed E-state index contributed by atoms with van der Waals surface area (Å²) in [4.78, 5) is 13.5. The van der Waals surface area contributed by atoms with Gasteiger partial charge in [0.05, 0.1) is 6.04 Å². The molecule has 0 bridgehead atoms. The van der Waals surface area contributed by atoms with Gasteiger partial charge in [0.2, 0.25) is 5.91 Å². The monoisotopic (exact) mass is 267 g/mol. The Labute approximate surface area is 105 Å². The van der Waals surface area contributed by atoms with Gasteiger partial charge in [0.15, 0.2) is 0 Å². The number of nitrogens with zero attached hydrogens (tertiary/aromatic N) is 1. The third kappa shape index (κ3) is 4.81. The van der Waals surface area contributed by atoms with Crippen LogP contribution in [0, 0.1) is 5.92 Å². The number of nitrogens with two attached hydrogens (primary N) is 1. The molecule has 7 heteroatoms. The summed E-state index contributed by atoms with van der Waals surface area (Å²) >= 11 is 0. The molecule has 0 saturated carbocycles. The van der Waals surface area contributed by atoms with Crippen LogP contribution in [0.5, 0.6) is 0 Å². The maximum absolute atomic E-state index is 12.0. The fraction of sp³-hybridized carbons (Fsp3) is 0.909. The molecule has 2 atom stereocenters. The first-order chi connectivity index (χ1) is 8.33. The minimum Gasteiger partial charge on any atom is -0.346 e. The molecule has 0 aromatic carbocycles. The number of halogens is 3. The zero-order valence-electron chi connectivity index (χ0n) is 10.5. The van der Waals surface area contributed by atoms with Crippen molar-refractivity contribution < 1.29 is 18.0 Å². The van der Waals surface area contributed by atoms with Crippen molar-refractivity contribution in [3.8, 4) is 0 Å². The van der Waals surface area contributed by atoms with Gasteiger partial charge in [0, 0.05) is 6.54 Å². The van der Waals surface area contributed by atoms with Crippen molar-refractivity contribution >= 4 is 5.91 Å². The Balaban J connectivity index is 2.42. The molecule has 0 spiro atoms. The minimum atomic E-state index is -4.36. The fourth-order valence-electron chi connectivity index (χ4n) is 2.14. The highest BCUT2D eigenvalue weighted by Gasteiger charge is 2.31. The first-order valence-electron chi connectivity index (χ1n) is 6.12. The number of likely N-dealkylation sites (tertiary alicyclic amines) is 1. The molecule has 106 valence electrons. The maximum Gasteiger partial charge on any atom is 0.405 e. The highest BCUT2D eigenvalue weighted by Crippen LogP contribution is 2.18. The maximum atomic E-state index is 12.0. The van der Waals surface area contributed by atoms with Gasteiger partial charge in [0.1, 0.15) is 6.54 Å². The summed E-state index contributed by atoms with van der Waals surface area (Å²) in [6.07, 6.45) is -2.42. The third-order valence-electron chi connectivity index (χ3n) is 3.27. The van der Waals surface area contributed by atoms with Crippen molar-refractivity contribution in [1.82, 2.24) is 10.2 Å². The Bertz CT molecular complexity index is 283. The van der Waals surface area contributed by atoms with E-state index in [0.717, 1.165) is 19.4 Å². The molecular formula is C11H20F3N3O. The fourth-order valence-corrected chi connectivity index (χ4v) is 2.14. The summed E-state index contributed by atoms with van der Waals surface area (Å²) in [5.41, 5.74) is 5.58. The van der Waals surface area contributed by atoms with Gasteiger partial charge in [-0.1, -0.05) is 0 Å². The van der Waals surface area contributed by atoms with Gasteiger partial charge in [-0.25, -0.2) is 0 Å². The van der Waals surface area contributed by atoms with E-state index in [2.05, 4.69) is 0 Å². The Morgan fingerprint density at radius 1 is 1.56 bits per heavy atom. The van der Waals surface area contributed by atoms with E-state index in [-0.39, 0.29) is 0 Å². The molecule has 0 aromatic rings. The van der Waals surface area contributed by atoms with E-state index in [1.54, 1.807) is 6.92 Å². The van der Waals surface area contributed by atoms with Crippen LogP contribution >= 0.6 is 0 Å². The van der Waals surface area contributed by atoms with Crippen LogP contribution in [-0.4, -0.2) is 49.2 Å². The van der Waals surface area contributed by atoms with Gasteiger partial charge in [-0.3, -0.25) is 9.69 Å². The lowest BCUT2D eigenvalue weighted by molar-refractivity contribution is -0.141. The summed E-state index contributed by atoms with van der Waals surface area (Å²) in [7, 11) is 0. The molecule has 1 amide bonds. The van der Waals surface area contributed by atoms with Crippen molar-refractivity contribution in [3.05, 3.63) is 0 Å². The summed E-state index contributed by atoms with van der Waals surface area (Å²) in [5, 5.41) is 1.92. The second-order valence-corrected chi connectivity index (χ2v) is 4.75. The second-order valence-electron chi connectivity index (χ2n) is 4.75. The number of hydrogen-bond donors (Lipinski definition) is 2. The van der Waals surface area contributed by atoms with Crippen LogP contribution in [-0.2, 0) is 4.79 Å². The summed E-state index contributed by atoms with van der Waals surface area (Å²) in [5.74, 6) is -0.249. The van der Waals surface area contributed by atoms with E-state index < -0.39 is 24.7 Å². The SMILES string of the molecule is CC(C(=O)NCC(F)(F)F)N1CCCC(CN)C1. The van der Waals surface area contributed by atoms with Gasteiger partial charge >= 0.3 is 6.18 Å². The number of nitrogens with one attached hydrogen (secondary N) is 1. The Kier molecular flexibility index (Phi) is 5.40. The number of hydrogen-bond acceptors (Lipinski definition) is 3. The molecule has 1 aliphatic rings. The summed E-state index contributed by atoms with van der Waals surface area (Å²) < 4.78 is 36.0. The molecule has 3 N–H and O–H groups in total. The zero-order valence-corrected chi connectivity index (χ0v) is 10.5. The van der Waals surface area contributed by atoms with Crippen LogP contribution in [0.15, 0.2) is 0 Å². The number of piperidine rings is 1. The molecule has 0 aliphatic carbocycles. The third-order valence-corrected chi connectivity index (χ3v) is 3.27. The highest BCUT2D eigenvalue weighted by atomic mass is 19.4. The molecule has 0 radical (unpaired) electrons. The quantitative estimate of drug-likeness (QED) is 0.789. The van der Waals surface area contributed by atoms with Crippen LogP contribution in [0.3, 0.4) is 0 Å². The zero-order chi connectivity index (χ0) is 13.8. The second kappa shape index (κ2) is 6.38. The van der Waals surface area contributed by atoms with Crippen LogP contribution < -0.4 is 11.1 Å². The number of carbonyl (C=O) groups is 1. The average molecular weight is 267 g/mol. The molecule has 18 heavy (non-hydrogen) atoms. The van der Waals surface area contributed by atoms with Gasteiger partial charge < -0.3 is 11.1 Å². The lowest BCUT2D eigenvalue weighted by Crippen LogP contribution is -2.51. The molecule has 1 aliphatic heterocycles. The molecule has 1 heterocycles. The van der Waals surface area contributed by atoms with Crippen LogP contribution in [0.1, 0.15) is 19.8 Å². The van der Waals surface area contributed by atoms with Crippen LogP contribution in [0.25, 0.3) is 0 Å². The predicted molar refractivity (Wildman–Crippen MR) is 61.9 cm³/mol. The summed E-state index contributed by atoms with van der Waals surface area (Å²) in [6.45, 7) is 2.32. The van der Waals surface area contributed by atoms with E-state index in [0.29, 0.717) is 19.0 Å². The molecule has 1 saturated heterocycles. The molecule has 0 aromatic heterocycles. The predicted octanol–water partition coefficient (Wildman–Crippen LogP) is 0.724. The lowest BCUT2D eigenvalue weighted by Gasteiger charge is -2.35. The Hall–Kier alpha value is -0.820. The molecule has 1 fully saturated rings. The topological polar surface area (TPSA) is 58.4 Å². The van der Waals surface area contributed by atoms with E-state index in [9.17, 15) is 18.0 Å². The van der Waals surface area contributed by atoms with Crippen molar-refractivity contribution in [2.24, 2.45) is 11.7 Å². The standard InChI is InChI=1S/C11H20F3N3O/c1-8(10(18)16-7-11(12,13)14)17-4-2-3-9(5-15)6-17/h8-9H,2-7,15H2,1H3,(H,16,18). The van der Waals surface area contributed by atoms with Crippen molar-refractivity contribution in [2.75, 3.05) is 26.2 Å². The van der Waals surface area contributed by atoms with E-state index in [1.807, 2.05) is 10.2 Å². The van der Waals surface area contributed by atoms with Gasteiger partial charge in [-0.05, 0) is 38.8 Å². The Morgan fingerprint density at radius 3 is 2.78 bits per heavy atom. The van der Waals surface area contributed by atoms with Crippen LogP contribution in [0.4, 0.5) is 13.2 Å². The first kappa shape index (κ1) is 15.2. The van der Waals surface area contributed by atoms with Crippen molar-refractivity contribution in [3.63, 3.8) is 0 Å². The number of alkyl halides is 3. The molecule has 4 nitrogen and oxygen atoms in total. The lowest BCUT2D eigenvalue weighted by atomic mass is 9.97. The Morgan fingerprint density at radius 2 is 2.22 bits per heavy atom.